The van der Waals surface area contributed by atoms with Crippen molar-refractivity contribution in [3.05, 3.63) is 4.91 Å². The van der Waals surface area contributed by atoms with Gasteiger partial charge in [0.25, 0.3) is 6.08 Å². The van der Waals surface area contributed by atoms with E-state index in [0.29, 0.717) is 0 Å². The van der Waals surface area contributed by atoms with Gasteiger partial charge in [0.05, 0.1) is 5.18 Å². The molecule has 0 spiro atoms. The molecule has 0 fully saturated rings. The molecular formula is C2N2O4. The van der Waals surface area contributed by atoms with E-state index < -0.39 is 6.09 Å². The highest BCUT2D eigenvalue weighted by Crippen LogP contribution is 1.79. The van der Waals surface area contributed by atoms with Crippen molar-refractivity contribution >= 4 is 12.2 Å². The van der Waals surface area contributed by atoms with Crippen molar-refractivity contribution in [1.82, 2.24) is 0 Å². The van der Waals surface area contributed by atoms with Crippen molar-refractivity contribution in [2.45, 2.75) is 0 Å². The number of nitroso groups, excluding NO2 is 1. The molecule has 0 aromatic rings. The molecule has 0 saturated heterocycles. The van der Waals surface area contributed by atoms with Crippen LogP contribution in [0.1, 0.15) is 0 Å². The summed E-state index contributed by atoms with van der Waals surface area (Å²) in [5, 5.41) is 4.04. The van der Waals surface area contributed by atoms with Gasteiger partial charge in [0.1, 0.15) is 0 Å². The topological polar surface area (TPSA) is 85.2 Å². The highest BCUT2D eigenvalue weighted by Gasteiger charge is 1.96. The Morgan fingerprint density at radius 3 is 2.62 bits per heavy atom. The summed E-state index contributed by atoms with van der Waals surface area (Å²) in [6, 6.07) is 0. The summed E-state index contributed by atoms with van der Waals surface area (Å²) in [7, 11) is 0. The Balaban J connectivity index is 3.55. The van der Waals surface area contributed by atoms with E-state index in [4.69, 9.17) is 9.70 Å². The molecule has 0 aliphatic heterocycles. The van der Waals surface area contributed by atoms with Crippen molar-refractivity contribution in [2.24, 2.45) is 10.3 Å². The molecule has 0 bridgehead atoms. The molecule has 0 aliphatic carbocycles. The lowest BCUT2D eigenvalue weighted by molar-refractivity contribution is 0.161. The van der Waals surface area contributed by atoms with E-state index in [2.05, 4.69) is 9.99 Å². The lowest BCUT2D eigenvalue weighted by Crippen LogP contribution is -1.87. The monoisotopic (exact) mass is 116 g/mol. The van der Waals surface area contributed by atoms with E-state index in [0.717, 1.165) is 6.08 Å². The third-order valence-electron chi connectivity index (χ3n) is 0.236. The van der Waals surface area contributed by atoms with Crippen LogP contribution in [0, 0.1) is 4.91 Å². The van der Waals surface area contributed by atoms with Crippen LogP contribution in [-0.4, -0.2) is 12.2 Å². The average molecular weight is 116 g/mol. The third kappa shape index (κ3) is 2.67. The molecule has 0 atom stereocenters. The van der Waals surface area contributed by atoms with Crippen LogP contribution in [0.4, 0.5) is 4.79 Å². The second-order valence-corrected chi connectivity index (χ2v) is 0.631. The van der Waals surface area contributed by atoms with Crippen LogP contribution >= 0.6 is 0 Å². The summed E-state index contributed by atoms with van der Waals surface area (Å²) in [5.74, 6) is 0. The summed E-state index contributed by atoms with van der Waals surface area (Å²) in [6.07, 6.45) is -0.599. The molecule has 0 N–H and O–H groups in total. The average Bonchev–Trinajstić information content (AvgIpc) is 1.83. The Bertz CT molecular complexity index is 146. The van der Waals surface area contributed by atoms with Crippen LogP contribution in [0.5, 0.6) is 0 Å². The van der Waals surface area contributed by atoms with Crippen molar-refractivity contribution < 1.29 is 14.4 Å². The third-order valence-corrected chi connectivity index (χ3v) is 0.236. The van der Waals surface area contributed by atoms with E-state index in [-0.39, 0.29) is 0 Å². The quantitative estimate of drug-likeness (QED) is 0.160. The predicted octanol–water partition coefficient (Wildman–Crippen LogP) is 0.140. The molecule has 42 valence electrons. The maximum absolute atomic E-state index is 9.60. The molecule has 0 unspecified atom stereocenters. The predicted molar refractivity (Wildman–Crippen MR) is 20.4 cm³/mol. The number of nitrogens with zero attached hydrogens (tertiary/aromatic N) is 2. The Hall–Kier alpha value is -1.55. The molecule has 0 heterocycles. The highest BCUT2D eigenvalue weighted by atomic mass is 16.7. The van der Waals surface area contributed by atoms with E-state index in [1.807, 2.05) is 0 Å². The Labute approximate surface area is 43.1 Å². The van der Waals surface area contributed by atoms with Gasteiger partial charge in [-0.2, -0.15) is 0 Å². The van der Waals surface area contributed by atoms with Gasteiger partial charge in [-0.15, -0.1) is 4.91 Å². The maximum atomic E-state index is 9.60. The molecule has 0 radical (unpaired) electrons. The Kier molecular flexibility index (Phi) is 2.93. The normalized spacial score (nSPS) is 6.50. The fourth-order valence-electron chi connectivity index (χ4n) is 0.0743. The molecule has 6 heteroatoms. The molecule has 0 rings (SSSR count). The van der Waals surface area contributed by atoms with Gasteiger partial charge < -0.3 is 0 Å². The molecule has 6 nitrogen and oxygen atoms in total. The first kappa shape index (κ1) is 6.45. The maximum Gasteiger partial charge on any atom is 0.497 e. The molecular weight excluding hydrogens is 116 g/mol. The zero-order valence-corrected chi connectivity index (χ0v) is 3.53. The molecule has 0 aliphatic rings. The van der Waals surface area contributed by atoms with Gasteiger partial charge in [-0.1, -0.05) is 0 Å². The van der Waals surface area contributed by atoms with Crippen LogP contribution in [0.15, 0.2) is 10.3 Å². The number of rotatable bonds is 1. The number of hydrogen-bond acceptors (Lipinski definition) is 5. The number of amides is 1. The first-order chi connectivity index (χ1) is 3.81. The number of isocyanates is 1. The van der Waals surface area contributed by atoms with Crippen LogP contribution in [0.3, 0.4) is 0 Å². The van der Waals surface area contributed by atoms with Crippen LogP contribution in [0.25, 0.3) is 0 Å². The van der Waals surface area contributed by atoms with Crippen molar-refractivity contribution in [2.75, 3.05) is 0 Å². The van der Waals surface area contributed by atoms with Gasteiger partial charge >= 0.3 is 6.09 Å². The Morgan fingerprint density at radius 2 is 2.25 bits per heavy atom. The van der Waals surface area contributed by atoms with Crippen LogP contribution in [-0.2, 0) is 9.63 Å². The van der Waals surface area contributed by atoms with Crippen LogP contribution in [0.2, 0.25) is 0 Å². The van der Waals surface area contributed by atoms with Gasteiger partial charge in [-0.25, -0.2) is 9.59 Å². The fraction of sp³-hybridized carbons (Fsp3) is 0. The molecule has 0 aromatic carbocycles. The zero-order valence-electron chi connectivity index (χ0n) is 3.53. The minimum absolute atomic E-state index is 0.866. The van der Waals surface area contributed by atoms with E-state index in [1.165, 1.54) is 0 Å². The summed E-state index contributed by atoms with van der Waals surface area (Å²) < 4.78 is 0. The summed E-state index contributed by atoms with van der Waals surface area (Å²) in [4.78, 5) is 31.2. The fourth-order valence-corrected chi connectivity index (χ4v) is 0.0743. The number of carbonyl (C=O) groups excluding carboxylic acids is 2. The van der Waals surface area contributed by atoms with Crippen molar-refractivity contribution in [3.8, 4) is 0 Å². The van der Waals surface area contributed by atoms with Crippen LogP contribution < -0.4 is 0 Å². The first-order valence-electron chi connectivity index (χ1n) is 1.42. The minimum atomic E-state index is -1.46. The minimum Gasteiger partial charge on any atom is -0.282 e. The lowest BCUT2D eigenvalue weighted by Gasteiger charge is -1.75. The SMILES string of the molecule is O=C=NOC(=O)N=O. The van der Waals surface area contributed by atoms with E-state index >= 15 is 0 Å². The zero-order chi connectivity index (χ0) is 6.41. The highest BCUT2D eigenvalue weighted by molar-refractivity contribution is 5.67. The lowest BCUT2D eigenvalue weighted by atomic mass is 11.3. The molecule has 0 aromatic heterocycles. The van der Waals surface area contributed by atoms with Gasteiger partial charge in [0.15, 0.2) is 0 Å². The molecule has 8 heavy (non-hydrogen) atoms. The smallest absolute Gasteiger partial charge is 0.282 e. The van der Waals surface area contributed by atoms with Gasteiger partial charge in [-0.3, -0.25) is 4.84 Å². The molecule has 1 amide bonds. The van der Waals surface area contributed by atoms with E-state index in [9.17, 15) is 4.79 Å². The van der Waals surface area contributed by atoms with Gasteiger partial charge in [-0.05, 0) is 0 Å². The largest absolute Gasteiger partial charge is 0.497 e. The van der Waals surface area contributed by atoms with E-state index in [1.54, 1.807) is 5.18 Å². The second-order valence-electron chi connectivity index (χ2n) is 0.631. The summed E-state index contributed by atoms with van der Waals surface area (Å²) >= 11 is 0. The Morgan fingerprint density at radius 1 is 1.62 bits per heavy atom. The standard InChI is InChI=1S/C2N2O4/c5-1-3-8-2(6)4-7. The van der Waals surface area contributed by atoms with Gasteiger partial charge in [0, 0.05) is 5.16 Å². The first-order valence-corrected chi connectivity index (χ1v) is 1.42. The number of carbonyl (C=O) groups is 1. The number of hydrogen-bond donors (Lipinski definition) is 0. The van der Waals surface area contributed by atoms with Crippen molar-refractivity contribution in [1.29, 1.82) is 0 Å². The summed E-state index contributed by atoms with van der Waals surface area (Å²) in [5.41, 5.74) is 0. The summed E-state index contributed by atoms with van der Waals surface area (Å²) in [6.45, 7) is 0. The second kappa shape index (κ2) is 3.63. The van der Waals surface area contributed by atoms with Crippen molar-refractivity contribution in [3.63, 3.8) is 0 Å². The van der Waals surface area contributed by atoms with Gasteiger partial charge in [0.2, 0.25) is 0 Å². The molecule has 0 saturated carbocycles.